The van der Waals surface area contributed by atoms with Gasteiger partial charge in [0.2, 0.25) is 0 Å². The summed E-state index contributed by atoms with van der Waals surface area (Å²) in [6, 6.07) is 20.7. The van der Waals surface area contributed by atoms with Gasteiger partial charge in [0.25, 0.3) is 14.2 Å². The number of aromatic amines is 1. The summed E-state index contributed by atoms with van der Waals surface area (Å²) in [5, 5.41) is 2.80. The molecule has 1 unspecified atom stereocenters. The number of para-hydroxylation sites is 2. The summed E-state index contributed by atoms with van der Waals surface area (Å²) in [5.41, 5.74) is 3.89. The van der Waals surface area contributed by atoms with Crippen molar-refractivity contribution in [2.45, 2.75) is 44.2 Å². The van der Waals surface area contributed by atoms with E-state index in [9.17, 15) is 4.79 Å². The van der Waals surface area contributed by atoms with E-state index in [1.165, 1.54) is 0 Å². The van der Waals surface area contributed by atoms with Crippen LogP contribution in [0.5, 0.6) is 11.5 Å². The zero-order valence-electron chi connectivity index (χ0n) is 21.5. The first-order valence-electron chi connectivity index (χ1n) is 11.9. The molecule has 1 atom stereocenters. The van der Waals surface area contributed by atoms with Crippen molar-refractivity contribution in [3.05, 3.63) is 83.7 Å². The third-order valence-corrected chi connectivity index (χ3v) is 11.6. The number of hydrogen-bond donors (Lipinski definition) is 3. The van der Waals surface area contributed by atoms with Crippen molar-refractivity contribution in [1.29, 1.82) is 0 Å². The Balaban J connectivity index is 1.49. The van der Waals surface area contributed by atoms with Gasteiger partial charge in [0, 0.05) is 11.6 Å². The smallest absolute Gasteiger partial charge is 0.255 e. The van der Waals surface area contributed by atoms with Crippen LogP contribution in [0.25, 0.3) is 11.0 Å². The average molecular weight is 520 g/mol. The summed E-state index contributed by atoms with van der Waals surface area (Å²) in [6.45, 7) is 11.0. The number of nitrogens with one attached hydrogen (secondary N) is 2. The molecule has 0 spiro atoms. The van der Waals surface area contributed by atoms with Gasteiger partial charge in [-0.2, -0.15) is 12.6 Å². The number of carbonyl (C=O) groups is 1. The van der Waals surface area contributed by atoms with Gasteiger partial charge in [0.1, 0.15) is 17.3 Å². The Morgan fingerprint density at radius 1 is 1.06 bits per heavy atom. The third kappa shape index (κ3) is 5.44. The lowest BCUT2D eigenvalue weighted by molar-refractivity contribution is 0.102. The Kier molecular flexibility index (Phi) is 7.20. The number of hydrogen-bond acceptors (Lipinski definition) is 5. The van der Waals surface area contributed by atoms with Crippen molar-refractivity contribution in [1.82, 2.24) is 9.97 Å². The van der Waals surface area contributed by atoms with Crippen molar-refractivity contribution in [2.24, 2.45) is 0 Å². The van der Waals surface area contributed by atoms with E-state index in [1.54, 1.807) is 19.2 Å². The third-order valence-electron chi connectivity index (χ3n) is 6.76. The molecule has 4 rings (SSSR count). The zero-order chi connectivity index (χ0) is 26.1. The molecule has 1 aromatic heterocycles. The lowest BCUT2D eigenvalue weighted by Gasteiger charge is -2.37. The highest BCUT2D eigenvalue weighted by molar-refractivity contribution is 7.80. The molecular weight excluding hydrogens is 486 g/mol. The molecule has 8 heteroatoms. The van der Waals surface area contributed by atoms with Crippen LogP contribution >= 0.6 is 12.6 Å². The van der Waals surface area contributed by atoms with E-state index in [-0.39, 0.29) is 16.2 Å². The number of amides is 1. The fraction of sp³-hybridized carbons (Fsp3) is 0.286. The van der Waals surface area contributed by atoms with E-state index in [2.05, 4.69) is 49.1 Å². The molecule has 0 saturated carbocycles. The number of H-pyrrole nitrogens is 1. The molecule has 188 valence electrons. The molecule has 1 heterocycles. The summed E-state index contributed by atoms with van der Waals surface area (Å²) in [6.07, 6.45) is 0. The quantitative estimate of drug-likeness (QED) is 0.178. The number of carbonyl (C=O) groups excluding carboxylic acids is 1. The van der Waals surface area contributed by atoms with E-state index in [4.69, 9.17) is 21.8 Å². The van der Waals surface area contributed by atoms with Crippen LogP contribution in [0.1, 0.15) is 47.8 Å². The highest BCUT2D eigenvalue weighted by Gasteiger charge is 2.39. The van der Waals surface area contributed by atoms with E-state index >= 15 is 0 Å². The summed E-state index contributed by atoms with van der Waals surface area (Å²) < 4.78 is 11.8. The fourth-order valence-electron chi connectivity index (χ4n) is 3.52. The van der Waals surface area contributed by atoms with Gasteiger partial charge in [-0.3, -0.25) is 4.79 Å². The second kappa shape index (κ2) is 10.0. The molecule has 0 radical (unpaired) electrons. The Bertz CT molecular complexity index is 1380. The van der Waals surface area contributed by atoms with E-state index in [0.717, 1.165) is 28.2 Å². The topological polar surface area (TPSA) is 76.2 Å². The van der Waals surface area contributed by atoms with Gasteiger partial charge >= 0.3 is 0 Å². The summed E-state index contributed by atoms with van der Waals surface area (Å²) >= 11 is 4.77. The minimum atomic E-state index is -2.05. The first-order chi connectivity index (χ1) is 17.0. The summed E-state index contributed by atoms with van der Waals surface area (Å²) in [4.78, 5) is 21.0. The number of methoxy groups -OCH3 is 1. The van der Waals surface area contributed by atoms with Gasteiger partial charge < -0.3 is 19.5 Å². The number of imidazole rings is 1. The highest BCUT2D eigenvalue weighted by atomic mass is 32.1. The van der Waals surface area contributed by atoms with Crippen molar-refractivity contribution < 1.29 is 14.0 Å². The van der Waals surface area contributed by atoms with Crippen LogP contribution in [0.4, 0.5) is 5.69 Å². The highest BCUT2D eigenvalue weighted by Crippen LogP contribution is 2.39. The molecule has 0 bridgehead atoms. The molecule has 1 amide bonds. The van der Waals surface area contributed by atoms with Gasteiger partial charge in [0.15, 0.2) is 0 Å². The maximum atomic E-state index is 13.1. The number of aromatic nitrogens is 2. The number of anilines is 1. The molecule has 36 heavy (non-hydrogen) atoms. The van der Waals surface area contributed by atoms with Crippen LogP contribution in [-0.4, -0.2) is 31.3 Å². The number of thiol groups is 1. The van der Waals surface area contributed by atoms with E-state index in [0.29, 0.717) is 17.0 Å². The van der Waals surface area contributed by atoms with Crippen LogP contribution in [0, 0.1) is 0 Å². The van der Waals surface area contributed by atoms with Gasteiger partial charge in [-0.25, -0.2) is 4.98 Å². The maximum absolute atomic E-state index is 13.1. The molecule has 3 aromatic carbocycles. The van der Waals surface area contributed by atoms with Crippen LogP contribution in [0.2, 0.25) is 18.1 Å². The normalized spacial score (nSPS) is 12.9. The predicted molar refractivity (Wildman–Crippen MR) is 152 cm³/mol. The van der Waals surface area contributed by atoms with Gasteiger partial charge in [-0.15, -0.1) is 0 Å². The molecule has 0 aliphatic carbocycles. The maximum Gasteiger partial charge on any atom is 0.255 e. The second-order valence-electron chi connectivity index (χ2n) is 10.3. The molecule has 0 fully saturated rings. The monoisotopic (exact) mass is 519 g/mol. The minimum Gasteiger partial charge on any atom is -0.542 e. The molecule has 0 aliphatic heterocycles. The van der Waals surface area contributed by atoms with Crippen LogP contribution in [-0.2, 0) is 0 Å². The Hall–Kier alpha value is -3.23. The van der Waals surface area contributed by atoms with Crippen LogP contribution in [0.3, 0.4) is 0 Å². The van der Waals surface area contributed by atoms with Gasteiger partial charge in [0.05, 0.1) is 29.1 Å². The first kappa shape index (κ1) is 25.8. The van der Waals surface area contributed by atoms with Crippen molar-refractivity contribution in [2.75, 3.05) is 12.4 Å². The van der Waals surface area contributed by atoms with Crippen molar-refractivity contribution >= 4 is 43.6 Å². The fourth-order valence-corrected chi connectivity index (χ4v) is 4.85. The molecule has 2 N–H and O–H groups in total. The summed E-state index contributed by atoms with van der Waals surface area (Å²) in [5.74, 6) is 2.00. The van der Waals surface area contributed by atoms with E-state index < -0.39 is 8.32 Å². The largest absolute Gasteiger partial charge is 0.542 e. The second-order valence-corrected chi connectivity index (χ2v) is 15.6. The standard InChI is InChI=1S/C28H33N3O3SSi/c1-28(2,3)36(5,6)34-24-10-8-7-9-22(24)31-27(32)19-13-11-18(12-14-19)25(35)26-29-21-16-15-20(33-4)17-23(21)30-26/h7-17,25,35H,1-6H3,(H,29,30)(H,31,32). The Morgan fingerprint density at radius 2 is 1.75 bits per heavy atom. The van der Waals surface area contributed by atoms with Gasteiger partial charge in [-0.05, 0) is 60.1 Å². The summed E-state index contributed by atoms with van der Waals surface area (Å²) in [7, 11) is -0.417. The molecule has 0 aliphatic rings. The molecule has 6 nitrogen and oxygen atoms in total. The van der Waals surface area contributed by atoms with Crippen molar-refractivity contribution in [3.63, 3.8) is 0 Å². The minimum absolute atomic E-state index is 0.0509. The van der Waals surface area contributed by atoms with E-state index in [1.807, 2.05) is 54.6 Å². The lowest BCUT2D eigenvalue weighted by Crippen LogP contribution is -2.44. The zero-order valence-corrected chi connectivity index (χ0v) is 23.4. The van der Waals surface area contributed by atoms with Crippen LogP contribution in [0.15, 0.2) is 66.7 Å². The molecule has 0 saturated heterocycles. The number of rotatable bonds is 7. The number of nitrogens with zero attached hydrogens (tertiary/aromatic N) is 1. The van der Waals surface area contributed by atoms with Crippen molar-refractivity contribution in [3.8, 4) is 11.5 Å². The number of fused-ring (bicyclic) bond motifs is 1. The SMILES string of the molecule is COc1ccc2nc(C(S)c3ccc(C(=O)Nc4ccccc4O[Si](C)(C)C(C)(C)C)cc3)[nH]c2c1. The molecular formula is C28H33N3O3SSi. The molecule has 4 aromatic rings. The average Bonchev–Trinajstić information content (AvgIpc) is 3.27. The Labute approximate surface area is 219 Å². The number of ether oxygens (including phenoxy) is 1. The van der Waals surface area contributed by atoms with Gasteiger partial charge in [-0.1, -0.05) is 45.0 Å². The first-order valence-corrected chi connectivity index (χ1v) is 15.3. The lowest BCUT2D eigenvalue weighted by atomic mass is 10.1. The van der Waals surface area contributed by atoms with Crippen LogP contribution < -0.4 is 14.5 Å². The Morgan fingerprint density at radius 3 is 2.42 bits per heavy atom. The number of benzene rings is 3. The predicted octanol–water partition coefficient (Wildman–Crippen LogP) is 7.23.